The molecule has 4 rings (SSSR count). The number of anilines is 1. The van der Waals surface area contributed by atoms with Crippen LogP contribution in [-0.2, 0) is 10.2 Å². The molecule has 2 aromatic carbocycles. The van der Waals surface area contributed by atoms with Gasteiger partial charge in [-0.15, -0.1) is 4.40 Å². The van der Waals surface area contributed by atoms with Crippen molar-refractivity contribution in [2.45, 2.75) is 0 Å². The Hall–Kier alpha value is -2.97. The molecule has 0 spiro atoms. The number of rotatable bonds is 2. The van der Waals surface area contributed by atoms with Crippen LogP contribution in [0.4, 0.5) is 5.82 Å². The van der Waals surface area contributed by atoms with Gasteiger partial charge in [0.1, 0.15) is 0 Å². The highest BCUT2D eigenvalue weighted by Gasteiger charge is 2.26. The van der Waals surface area contributed by atoms with Crippen LogP contribution in [0.25, 0.3) is 22.5 Å². The fraction of sp³-hybridized carbons (Fsp3) is 0. The SMILES string of the molecule is NC1=NS(=O)(=O)Nc2nc(-c3ccccc3)c(-c3ccc(Cl)cc3)nc21. The summed E-state index contributed by atoms with van der Waals surface area (Å²) in [6.45, 7) is 0. The van der Waals surface area contributed by atoms with Gasteiger partial charge in [0.25, 0.3) is 0 Å². The first-order valence-electron chi connectivity index (χ1n) is 7.55. The quantitative estimate of drug-likeness (QED) is 0.704. The number of aromatic nitrogens is 2. The van der Waals surface area contributed by atoms with Crippen molar-refractivity contribution in [2.75, 3.05) is 4.72 Å². The molecule has 9 heteroatoms. The number of hydrogen-bond donors (Lipinski definition) is 2. The van der Waals surface area contributed by atoms with Crippen LogP contribution >= 0.6 is 11.6 Å². The van der Waals surface area contributed by atoms with E-state index in [-0.39, 0.29) is 17.3 Å². The summed E-state index contributed by atoms with van der Waals surface area (Å²) in [5, 5.41) is 0.592. The Balaban J connectivity index is 2.00. The molecule has 0 radical (unpaired) electrons. The molecule has 7 nitrogen and oxygen atoms in total. The molecule has 0 amide bonds. The van der Waals surface area contributed by atoms with E-state index in [2.05, 4.69) is 19.1 Å². The molecule has 130 valence electrons. The zero-order valence-corrected chi connectivity index (χ0v) is 14.8. The molecule has 26 heavy (non-hydrogen) atoms. The monoisotopic (exact) mass is 385 g/mol. The zero-order valence-electron chi connectivity index (χ0n) is 13.2. The van der Waals surface area contributed by atoms with E-state index in [1.807, 2.05) is 42.5 Å². The zero-order chi connectivity index (χ0) is 18.3. The second-order valence-corrected chi connectivity index (χ2v) is 7.32. The Labute approximate surface area is 154 Å². The summed E-state index contributed by atoms with van der Waals surface area (Å²) in [6, 6.07) is 16.4. The first kappa shape index (κ1) is 16.5. The van der Waals surface area contributed by atoms with Crippen molar-refractivity contribution in [1.29, 1.82) is 0 Å². The maximum Gasteiger partial charge on any atom is 0.345 e. The highest BCUT2D eigenvalue weighted by molar-refractivity contribution is 7.91. The lowest BCUT2D eigenvalue weighted by Crippen LogP contribution is -2.28. The van der Waals surface area contributed by atoms with Crippen LogP contribution in [0.1, 0.15) is 5.69 Å². The van der Waals surface area contributed by atoms with Crippen molar-refractivity contribution < 1.29 is 8.42 Å². The largest absolute Gasteiger partial charge is 0.381 e. The van der Waals surface area contributed by atoms with E-state index < -0.39 is 10.2 Å². The van der Waals surface area contributed by atoms with Crippen LogP contribution in [-0.4, -0.2) is 24.2 Å². The fourth-order valence-corrected chi connectivity index (χ4v) is 3.51. The van der Waals surface area contributed by atoms with Crippen LogP contribution in [0.15, 0.2) is 59.0 Å². The van der Waals surface area contributed by atoms with Gasteiger partial charge in [-0.1, -0.05) is 54.1 Å². The molecule has 3 aromatic rings. The summed E-state index contributed by atoms with van der Waals surface area (Å²) in [7, 11) is -3.93. The first-order valence-corrected chi connectivity index (χ1v) is 9.37. The first-order chi connectivity index (χ1) is 12.4. The summed E-state index contributed by atoms with van der Waals surface area (Å²) in [4.78, 5) is 9.03. The third-order valence-electron chi connectivity index (χ3n) is 3.75. The minimum Gasteiger partial charge on any atom is -0.381 e. The highest BCUT2D eigenvalue weighted by atomic mass is 35.5. The van der Waals surface area contributed by atoms with Gasteiger partial charge >= 0.3 is 10.2 Å². The van der Waals surface area contributed by atoms with E-state index in [9.17, 15) is 8.42 Å². The fourth-order valence-electron chi connectivity index (χ4n) is 2.61. The third-order valence-corrected chi connectivity index (χ3v) is 4.89. The van der Waals surface area contributed by atoms with Crippen molar-refractivity contribution in [2.24, 2.45) is 10.1 Å². The van der Waals surface area contributed by atoms with Crippen molar-refractivity contribution in [1.82, 2.24) is 9.97 Å². The molecule has 3 N–H and O–H groups in total. The summed E-state index contributed by atoms with van der Waals surface area (Å²) in [6.07, 6.45) is 0. The second kappa shape index (κ2) is 6.08. The van der Waals surface area contributed by atoms with E-state index in [1.54, 1.807) is 12.1 Å². The van der Waals surface area contributed by atoms with E-state index in [0.29, 0.717) is 16.4 Å². The van der Waals surface area contributed by atoms with Gasteiger partial charge < -0.3 is 5.73 Å². The number of fused-ring (bicyclic) bond motifs is 1. The van der Waals surface area contributed by atoms with Crippen LogP contribution in [0, 0.1) is 0 Å². The van der Waals surface area contributed by atoms with Gasteiger partial charge in [-0.25, -0.2) is 14.7 Å². The van der Waals surface area contributed by atoms with Gasteiger partial charge in [-0.2, -0.15) is 8.42 Å². The summed E-state index contributed by atoms with van der Waals surface area (Å²) < 4.78 is 29.3. The van der Waals surface area contributed by atoms with E-state index in [0.717, 1.165) is 11.1 Å². The molecule has 1 aliphatic rings. The number of halogens is 1. The minimum atomic E-state index is -3.93. The highest BCUT2D eigenvalue weighted by Crippen LogP contribution is 2.33. The van der Waals surface area contributed by atoms with E-state index in [1.165, 1.54) is 0 Å². The minimum absolute atomic E-state index is 0.0501. The van der Waals surface area contributed by atoms with Gasteiger partial charge in [0.05, 0.1) is 11.4 Å². The Morgan fingerprint density at radius 3 is 2.15 bits per heavy atom. The van der Waals surface area contributed by atoms with Crippen LogP contribution < -0.4 is 10.5 Å². The summed E-state index contributed by atoms with van der Waals surface area (Å²) in [5.41, 5.74) is 8.59. The molecule has 0 atom stereocenters. The van der Waals surface area contributed by atoms with Crippen LogP contribution in [0.3, 0.4) is 0 Å². The maximum absolute atomic E-state index is 11.8. The topological polar surface area (TPSA) is 110 Å². The predicted octanol–water partition coefficient (Wildman–Crippen LogP) is 2.84. The average molecular weight is 386 g/mol. The Morgan fingerprint density at radius 2 is 1.46 bits per heavy atom. The van der Waals surface area contributed by atoms with Crippen molar-refractivity contribution in [3.8, 4) is 22.5 Å². The van der Waals surface area contributed by atoms with Gasteiger partial charge in [0, 0.05) is 16.1 Å². The summed E-state index contributed by atoms with van der Waals surface area (Å²) in [5.74, 6) is -0.157. The molecular formula is C17H12ClN5O2S. The molecule has 0 saturated carbocycles. The number of nitrogens with two attached hydrogens (primary N) is 1. The maximum atomic E-state index is 11.8. The molecule has 1 aliphatic heterocycles. The lowest BCUT2D eigenvalue weighted by molar-refractivity contribution is 0.602. The molecule has 2 heterocycles. The lowest BCUT2D eigenvalue weighted by atomic mass is 10.0. The Kier molecular flexibility index (Phi) is 3.86. The number of amidine groups is 1. The molecule has 0 bridgehead atoms. The van der Waals surface area contributed by atoms with Crippen LogP contribution in [0.5, 0.6) is 0 Å². The Morgan fingerprint density at radius 1 is 0.846 bits per heavy atom. The van der Waals surface area contributed by atoms with Crippen molar-refractivity contribution in [3.05, 3.63) is 65.3 Å². The van der Waals surface area contributed by atoms with Crippen molar-refractivity contribution >= 4 is 33.5 Å². The average Bonchev–Trinajstić information content (AvgIpc) is 2.61. The van der Waals surface area contributed by atoms with Gasteiger partial charge in [0.15, 0.2) is 17.3 Å². The lowest BCUT2D eigenvalue weighted by Gasteiger charge is -2.18. The number of nitrogens with zero attached hydrogens (tertiary/aromatic N) is 3. The number of benzene rings is 2. The third kappa shape index (κ3) is 3.00. The van der Waals surface area contributed by atoms with Crippen molar-refractivity contribution in [3.63, 3.8) is 0 Å². The summed E-state index contributed by atoms with van der Waals surface area (Å²) >= 11 is 5.97. The van der Waals surface area contributed by atoms with E-state index in [4.69, 9.17) is 17.3 Å². The molecule has 0 fully saturated rings. The van der Waals surface area contributed by atoms with Gasteiger partial charge in [-0.3, -0.25) is 0 Å². The standard InChI is InChI=1S/C17H12ClN5O2S/c18-12-8-6-11(7-9-12)13-14(10-4-2-1-3-5-10)21-17-15(20-13)16(19)22-26(24,25)23-17/h1-9H,(H2,19,22)(H,21,23). The normalized spacial score (nSPS) is 14.9. The number of nitrogens with one attached hydrogen (secondary N) is 1. The van der Waals surface area contributed by atoms with Gasteiger partial charge in [0.2, 0.25) is 0 Å². The molecule has 1 aromatic heterocycles. The smallest absolute Gasteiger partial charge is 0.345 e. The molecule has 0 saturated heterocycles. The van der Waals surface area contributed by atoms with Gasteiger partial charge in [-0.05, 0) is 12.1 Å². The Bertz CT molecular complexity index is 1130. The second-order valence-electron chi connectivity index (χ2n) is 5.54. The predicted molar refractivity (Wildman–Crippen MR) is 101 cm³/mol. The number of hydrogen-bond acceptors (Lipinski definition) is 5. The molecule has 0 aliphatic carbocycles. The van der Waals surface area contributed by atoms with E-state index >= 15 is 0 Å². The van der Waals surface area contributed by atoms with Crippen LogP contribution in [0.2, 0.25) is 5.02 Å². The molecule has 0 unspecified atom stereocenters. The molecular weight excluding hydrogens is 374 g/mol.